The molecule has 2 aromatic rings. The van der Waals surface area contributed by atoms with Crippen LogP contribution in [0.2, 0.25) is 0 Å². The molecule has 0 aliphatic carbocycles. The summed E-state index contributed by atoms with van der Waals surface area (Å²) in [7, 11) is -3.43. The highest BCUT2D eigenvalue weighted by atomic mass is 32.2. The largest absolute Gasteiger partial charge is 0.353 e. The third kappa shape index (κ3) is 8.02. The van der Waals surface area contributed by atoms with E-state index in [1.54, 1.807) is 42.7 Å². The molecule has 0 radical (unpaired) electrons. The van der Waals surface area contributed by atoms with Crippen molar-refractivity contribution in [2.75, 3.05) is 13.1 Å². The predicted molar refractivity (Wildman–Crippen MR) is 111 cm³/mol. The third-order valence-corrected chi connectivity index (χ3v) is 5.61. The maximum atomic E-state index is 12.1. The van der Waals surface area contributed by atoms with E-state index in [0.29, 0.717) is 18.0 Å². The number of rotatable bonds is 11. The number of pyridine rings is 1. The SMILES string of the molecule is Cc1ccc(S(=O)(=O)NCCCCCCNC(=O)/C=C/c2cccnc2)cc1. The Morgan fingerprint density at radius 3 is 2.43 bits per heavy atom. The second kappa shape index (κ2) is 11.4. The molecule has 0 aliphatic rings. The number of hydrogen-bond donors (Lipinski definition) is 2. The lowest BCUT2D eigenvalue weighted by Gasteiger charge is -2.07. The van der Waals surface area contributed by atoms with E-state index in [0.717, 1.165) is 36.8 Å². The van der Waals surface area contributed by atoms with Crippen LogP contribution in [0.4, 0.5) is 0 Å². The van der Waals surface area contributed by atoms with Gasteiger partial charge in [0.1, 0.15) is 0 Å². The van der Waals surface area contributed by atoms with E-state index in [9.17, 15) is 13.2 Å². The van der Waals surface area contributed by atoms with Crippen molar-refractivity contribution < 1.29 is 13.2 Å². The van der Waals surface area contributed by atoms with Gasteiger partial charge in [-0.05, 0) is 49.6 Å². The van der Waals surface area contributed by atoms with Gasteiger partial charge in [0.2, 0.25) is 15.9 Å². The number of benzene rings is 1. The van der Waals surface area contributed by atoms with Gasteiger partial charge in [0.25, 0.3) is 0 Å². The van der Waals surface area contributed by atoms with Gasteiger partial charge in [0.05, 0.1) is 4.90 Å². The van der Waals surface area contributed by atoms with Crippen LogP contribution < -0.4 is 10.0 Å². The Bertz CT molecular complexity index is 864. The van der Waals surface area contributed by atoms with Gasteiger partial charge in [-0.3, -0.25) is 9.78 Å². The Labute approximate surface area is 167 Å². The van der Waals surface area contributed by atoms with E-state index < -0.39 is 10.0 Å². The molecular weight excluding hydrogens is 374 g/mol. The molecule has 2 N–H and O–H groups in total. The predicted octanol–water partition coefficient (Wildman–Crippen LogP) is 3.06. The summed E-state index contributed by atoms with van der Waals surface area (Å²) in [5.74, 6) is -0.130. The summed E-state index contributed by atoms with van der Waals surface area (Å²) in [5, 5.41) is 2.84. The van der Waals surface area contributed by atoms with Crippen LogP contribution in [0, 0.1) is 6.92 Å². The highest BCUT2D eigenvalue weighted by Crippen LogP contribution is 2.10. The zero-order chi connectivity index (χ0) is 20.2. The van der Waals surface area contributed by atoms with E-state index in [-0.39, 0.29) is 5.91 Å². The van der Waals surface area contributed by atoms with Gasteiger partial charge in [-0.1, -0.05) is 36.6 Å². The molecule has 2 rings (SSSR count). The number of amides is 1. The lowest BCUT2D eigenvalue weighted by Crippen LogP contribution is -2.25. The average molecular weight is 402 g/mol. The Morgan fingerprint density at radius 2 is 1.75 bits per heavy atom. The van der Waals surface area contributed by atoms with Crippen molar-refractivity contribution in [1.29, 1.82) is 0 Å². The first-order chi connectivity index (χ1) is 13.5. The molecule has 6 nitrogen and oxygen atoms in total. The summed E-state index contributed by atoms with van der Waals surface area (Å²) in [6, 6.07) is 10.5. The molecule has 0 unspecified atom stereocenters. The minimum Gasteiger partial charge on any atom is -0.353 e. The smallest absolute Gasteiger partial charge is 0.243 e. The molecule has 7 heteroatoms. The number of carbonyl (C=O) groups is 1. The fourth-order valence-corrected chi connectivity index (χ4v) is 3.60. The maximum absolute atomic E-state index is 12.1. The number of carbonyl (C=O) groups excluding carboxylic acids is 1. The summed E-state index contributed by atoms with van der Waals surface area (Å²) in [6.45, 7) is 2.94. The van der Waals surface area contributed by atoms with Crippen LogP contribution in [0.25, 0.3) is 6.08 Å². The fourth-order valence-electron chi connectivity index (χ4n) is 2.53. The molecule has 1 aromatic heterocycles. The van der Waals surface area contributed by atoms with Gasteiger partial charge in [-0.15, -0.1) is 0 Å². The number of sulfonamides is 1. The Kier molecular flexibility index (Phi) is 8.84. The standard InChI is InChI=1S/C21H27N3O3S/c1-18-8-11-20(12-9-18)28(26,27)24-16-5-3-2-4-15-23-21(25)13-10-19-7-6-14-22-17-19/h6-14,17,24H,2-5,15-16H2,1H3,(H,23,25)/b13-10+. The van der Waals surface area contributed by atoms with Crippen LogP contribution in [0.1, 0.15) is 36.8 Å². The van der Waals surface area contributed by atoms with Crippen molar-refractivity contribution in [1.82, 2.24) is 15.0 Å². The van der Waals surface area contributed by atoms with E-state index >= 15 is 0 Å². The van der Waals surface area contributed by atoms with Crippen molar-refractivity contribution in [3.05, 3.63) is 66.0 Å². The molecule has 0 saturated heterocycles. The van der Waals surface area contributed by atoms with Crippen molar-refractivity contribution >= 4 is 22.0 Å². The number of nitrogens with zero attached hydrogens (tertiary/aromatic N) is 1. The number of hydrogen-bond acceptors (Lipinski definition) is 4. The summed E-state index contributed by atoms with van der Waals surface area (Å²) in [5.41, 5.74) is 1.91. The van der Waals surface area contributed by atoms with Gasteiger partial charge < -0.3 is 5.32 Å². The molecule has 150 valence electrons. The highest BCUT2D eigenvalue weighted by Gasteiger charge is 2.12. The Hall–Kier alpha value is -2.51. The molecular formula is C21H27N3O3S. The van der Waals surface area contributed by atoms with Gasteiger partial charge in [0, 0.05) is 31.6 Å². The molecule has 28 heavy (non-hydrogen) atoms. The zero-order valence-corrected chi connectivity index (χ0v) is 16.9. The van der Waals surface area contributed by atoms with E-state index in [1.807, 2.05) is 19.1 Å². The molecule has 0 aliphatic heterocycles. The first-order valence-corrected chi connectivity index (χ1v) is 10.9. The van der Waals surface area contributed by atoms with Crippen LogP contribution in [0.5, 0.6) is 0 Å². The Balaban J connectivity index is 1.54. The first kappa shape index (κ1) is 21.8. The van der Waals surface area contributed by atoms with Crippen LogP contribution >= 0.6 is 0 Å². The zero-order valence-electron chi connectivity index (χ0n) is 16.1. The summed E-state index contributed by atoms with van der Waals surface area (Å²) < 4.78 is 26.9. The maximum Gasteiger partial charge on any atom is 0.243 e. The normalized spacial score (nSPS) is 11.6. The van der Waals surface area contributed by atoms with Gasteiger partial charge in [-0.2, -0.15) is 0 Å². The minimum absolute atomic E-state index is 0.130. The van der Waals surface area contributed by atoms with E-state index in [2.05, 4.69) is 15.0 Å². The second-order valence-corrected chi connectivity index (χ2v) is 8.30. The molecule has 1 amide bonds. The molecule has 0 fully saturated rings. The van der Waals surface area contributed by atoms with E-state index in [4.69, 9.17) is 0 Å². The second-order valence-electron chi connectivity index (χ2n) is 6.54. The van der Waals surface area contributed by atoms with Crippen LogP contribution in [-0.4, -0.2) is 32.4 Å². The fraction of sp³-hybridized carbons (Fsp3) is 0.333. The topological polar surface area (TPSA) is 88.2 Å². The number of unbranched alkanes of at least 4 members (excludes halogenated alkanes) is 3. The van der Waals surface area contributed by atoms with Gasteiger partial charge >= 0.3 is 0 Å². The summed E-state index contributed by atoms with van der Waals surface area (Å²) in [4.78, 5) is 16.0. The van der Waals surface area contributed by atoms with Gasteiger partial charge in [0.15, 0.2) is 0 Å². The monoisotopic (exact) mass is 401 g/mol. The lowest BCUT2D eigenvalue weighted by molar-refractivity contribution is -0.116. The molecule has 1 aromatic carbocycles. The Morgan fingerprint density at radius 1 is 1.04 bits per heavy atom. The summed E-state index contributed by atoms with van der Waals surface area (Å²) in [6.07, 6.45) is 10.1. The molecule has 0 saturated carbocycles. The van der Waals surface area contributed by atoms with Crippen LogP contribution in [-0.2, 0) is 14.8 Å². The highest BCUT2D eigenvalue weighted by molar-refractivity contribution is 7.89. The first-order valence-electron chi connectivity index (χ1n) is 9.40. The number of aromatic nitrogens is 1. The van der Waals surface area contributed by atoms with Crippen molar-refractivity contribution in [2.24, 2.45) is 0 Å². The third-order valence-electron chi connectivity index (χ3n) is 4.14. The molecule has 0 atom stereocenters. The number of nitrogens with one attached hydrogen (secondary N) is 2. The number of aryl methyl sites for hydroxylation is 1. The van der Waals surface area contributed by atoms with Crippen LogP contribution in [0.3, 0.4) is 0 Å². The van der Waals surface area contributed by atoms with E-state index in [1.165, 1.54) is 6.08 Å². The summed E-state index contributed by atoms with van der Waals surface area (Å²) >= 11 is 0. The van der Waals surface area contributed by atoms with Crippen molar-refractivity contribution in [2.45, 2.75) is 37.5 Å². The van der Waals surface area contributed by atoms with Crippen molar-refractivity contribution in [3.8, 4) is 0 Å². The quantitative estimate of drug-likeness (QED) is 0.447. The molecule has 0 spiro atoms. The minimum atomic E-state index is -3.43. The average Bonchev–Trinajstić information content (AvgIpc) is 2.69. The van der Waals surface area contributed by atoms with Crippen molar-refractivity contribution in [3.63, 3.8) is 0 Å². The molecule has 1 heterocycles. The molecule has 0 bridgehead atoms. The van der Waals surface area contributed by atoms with Crippen LogP contribution in [0.15, 0.2) is 59.8 Å². The lowest BCUT2D eigenvalue weighted by atomic mass is 10.2. The van der Waals surface area contributed by atoms with Gasteiger partial charge in [-0.25, -0.2) is 13.1 Å².